The number of nitrogens with zero attached hydrogens (tertiary/aromatic N) is 1. The quantitative estimate of drug-likeness (QED) is 0.828. The zero-order valence-corrected chi connectivity index (χ0v) is 17.7. The van der Waals surface area contributed by atoms with E-state index in [0.717, 1.165) is 12.8 Å². The predicted molar refractivity (Wildman–Crippen MR) is 116 cm³/mol. The highest BCUT2D eigenvalue weighted by Gasteiger charge is 2.32. The van der Waals surface area contributed by atoms with Crippen LogP contribution in [0.15, 0.2) is 60.7 Å². The minimum atomic E-state index is -0.367. The van der Waals surface area contributed by atoms with Gasteiger partial charge in [-0.05, 0) is 24.0 Å². The van der Waals surface area contributed by atoms with Gasteiger partial charge in [0.25, 0.3) is 0 Å². The molecule has 1 saturated heterocycles. The Balaban J connectivity index is 1.59. The molecule has 0 aromatic heterocycles. The van der Waals surface area contributed by atoms with Crippen molar-refractivity contribution in [3.05, 3.63) is 71.8 Å². The normalized spacial score (nSPS) is 15.4. The van der Waals surface area contributed by atoms with Gasteiger partial charge in [0.2, 0.25) is 11.8 Å². The number of hydrogen-bond acceptors (Lipinski definition) is 2. The van der Waals surface area contributed by atoms with Gasteiger partial charge < -0.3 is 10.2 Å². The van der Waals surface area contributed by atoms with Crippen LogP contribution in [-0.2, 0) is 9.59 Å². The number of amides is 2. The Morgan fingerprint density at radius 3 is 1.86 bits per heavy atom. The number of benzene rings is 2. The first kappa shape index (κ1) is 21.1. The molecule has 1 heterocycles. The molecule has 4 heteroatoms. The number of carbonyl (C=O) groups is 2. The van der Waals surface area contributed by atoms with Gasteiger partial charge in [-0.15, -0.1) is 0 Å². The van der Waals surface area contributed by atoms with Crippen LogP contribution in [0.1, 0.15) is 50.7 Å². The number of likely N-dealkylation sites (tertiary alicyclic amines) is 1. The third kappa shape index (κ3) is 5.47. The smallest absolute Gasteiger partial charge is 0.227 e. The fourth-order valence-corrected chi connectivity index (χ4v) is 3.96. The van der Waals surface area contributed by atoms with Gasteiger partial charge in [-0.1, -0.05) is 81.4 Å². The van der Waals surface area contributed by atoms with Gasteiger partial charge in [-0.25, -0.2) is 0 Å². The Morgan fingerprint density at radius 2 is 1.41 bits per heavy atom. The number of piperidine rings is 1. The minimum absolute atomic E-state index is 0.0220. The highest BCUT2D eigenvalue weighted by atomic mass is 16.2. The molecule has 0 spiro atoms. The third-order valence-corrected chi connectivity index (χ3v) is 5.68. The average Bonchev–Trinajstić information content (AvgIpc) is 2.74. The molecule has 1 fully saturated rings. The highest BCUT2D eigenvalue weighted by Crippen LogP contribution is 2.26. The molecule has 4 nitrogen and oxygen atoms in total. The first-order chi connectivity index (χ1) is 13.9. The number of nitrogens with one attached hydrogen (secondary N) is 1. The first-order valence-electron chi connectivity index (χ1n) is 10.5. The Morgan fingerprint density at radius 1 is 0.931 bits per heavy atom. The van der Waals surface area contributed by atoms with Crippen LogP contribution in [0.3, 0.4) is 0 Å². The minimum Gasteiger partial charge on any atom is -0.355 e. The van der Waals surface area contributed by atoms with Crippen LogP contribution in [0.25, 0.3) is 0 Å². The van der Waals surface area contributed by atoms with E-state index >= 15 is 0 Å². The van der Waals surface area contributed by atoms with E-state index in [1.165, 1.54) is 11.1 Å². The molecule has 0 unspecified atom stereocenters. The van der Waals surface area contributed by atoms with E-state index in [9.17, 15) is 9.59 Å². The Bertz CT molecular complexity index is 764. The second kappa shape index (κ2) is 9.25. The van der Waals surface area contributed by atoms with Gasteiger partial charge in [0.15, 0.2) is 0 Å². The fourth-order valence-electron chi connectivity index (χ4n) is 3.96. The Labute approximate surface area is 174 Å². The number of rotatable bonds is 5. The van der Waals surface area contributed by atoms with Crippen molar-refractivity contribution in [1.29, 1.82) is 0 Å². The van der Waals surface area contributed by atoms with E-state index in [-0.39, 0.29) is 29.1 Å². The summed E-state index contributed by atoms with van der Waals surface area (Å²) in [6.07, 6.45) is 1.46. The Hall–Kier alpha value is -2.62. The van der Waals surface area contributed by atoms with Gasteiger partial charge in [-0.2, -0.15) is 0 Å². The van der Waals surface area contributed by atoms with Crippen LogP contribution < -0.4 is 5.32 Å². The van der Waals surface area contributed by atoms with E-state index in [1.54, 1.807) is 0 Å². The number of hydrogen-bond donors (Lipinski definition) is 1. The topological polar surface area (TPSA) is 49.4 Å². The molecule has 1 aliphatic heterocycles. The SMILES string of the molecule is CC(C)(C)C(=O)N1CCC(C(=O)NCC(c2ccccc2)c2ccccc2)CC1. The molecule has 29 heavy (non-hydrogen) atoms. The highest BCUT2D eigenvalue weighted by molar-refractivity contribution is 5.82. The summed E-state index contributed by atoms with van der Waals surface area (Å²) < 4.78 is 0. The van der Waals surface area contributed by atoms with E-state index in [4.69, 9.17) is 0 Å². The fraction of sp³-hybridized carbons (Fsp3) is 0.440. The Kier molecular flexibility index (Phi) is 6.73. The van der Waals surface area contributed by atoms with E-state index in [0.29, 0.717) is 19.6 Å². The van der Waals surface area contributed by atoms with Gasteiger partial charge in [0.1, 0.15) is 0 Å². The molecular formula is C25H32N2O2. The van der Waals surface area contributed by atoms with Gasteiger partial charge in [0, 0.05) is 36.9 Å². The van der Waals surface area contributed by atoms with Gasteiger partial charge in [0.05, 0.1) is 0 Å². The molecule has 0 aliphatic carbocycles. The third-order valence-electron chi connectivity index (χ3n) is 5.68. The van der Waals surface area contributed by atoms with Crippen LogP contribution in [0.2, 0.25) is 0 Å². The lowest BCUT2D eigenvalue weighted by Gasteiger charge is -2.35. The molecule has 2 aromatic carbocycles. The first-order valence-corrected chi connectivity index (χ1v) is 10.5. The van der Waals surface area contributed by atoms with Crippen molar-refractivity contribution in [3.8, 4) is 0 Å². The van der Waals surface area contributed by atoms with Crippen molar-refractivity contribution < 1.29 is 9.59 Å². The van der Waals surface area contributed by atoms with Gasteiger partial charge in [-0.3, -0.25) is 9.59 Å². The standard InChI is InChI=1S/C25H32N2O2/c1-25(2,3)24(29)27-16-14-21(15-17-27)23(28)26-18-22(19-10-6-4-7-11-19)20-12-8-5-9-13-20/h4-13,21-22H,14-18H2,1-3H3,(H,26,28). The van der Waals surface area contributed by atoms with Crippen molar-refractivity contribution in [3.63, 3.8) is 0 Å². The summed E-state index contributed by atoms with van der Waals surface area (Å²) in [6, 6.07) is 20.6. The zero-order chi connectivity index (χ0) is 20.9. The van der Waals surface area contributed by atoms with Crippen molar-refractivity contribution in [2.24, 2.45) is 11.3 Å². The molecule has 1 aliphatic rings. The molecular weight excluding hydrogens is 360 g/mol. The van der Waals surface area contributed by atoms with Crippen LogP contribution in [0.4, 0.5) is 0 Å². The van der Waals surface area contributed by atoms with Crippen molar-refractivity contribution in [2.45, 2.75) is 39.5 Å². The molecule has 2 amide bonds. The second-order valence-corrected chi connectivity index (χ2v) is 8.94. The summed E-state index contributed by atoms with van der Waals surface area (Å²) in [5.74, 6) is 0.379. The van der Waals surface area contributed by atoms with Crippen LogP contribution in [-0.4, -0.2) is 36.3 Å². The second-order valence-electron chi connectivity index (χ2n) is 8.94. The maximum absolute atomic E-state index is 12.8. The molecule has 0 saturated carbocycles. The van der Waals surface area contributed by atoms with E-state index in [2.05, 4.69) is 29.6 Å². The molecule has 0 atom stereocenters. The van der Waals surface area contributed by atoms with Crippen molar-refractivity contribution in [2.75, 3.05) is 19.6 Å². The summed E-state index contributed by atoms with van der Waals surface area (Å²) in [5.41, 5.74) is 2.03. The largest absolute Gasteiger partial charge is 0.355 e. The predicted octanol–water partition coefficient (Wildman–Crippen LogP) is 4.22. The van der Waals surface area contributed by atoms with E-state index < -0.39 is 0 Å². The van der Waals surface area contributed by atoms with E-state index in [1.807, 2.05) is 62.1 Å². The maximum atomic E-state index is 12.8. The van der Waals surface area contributed by atoms with Crippen LogP contribution in [0.5, 0.6) is 0 Å². The lowest BCUT2D eigenvalue weighted by molar-refractivity contribution is -0.142. The molecule has 2 aromatic rings. The molecule has 0 bridgehead atoms. The molecule has 3 rings (SSSR count). The monoisotopic (exact) mass is 392 g/mol. The lowest BCUT2D eigenvalue weighted by Crippen LogP contribution is -2.47. The van der Waals surface area contributed by atoms with Crippen molar-refractivity contribution in [1.82, 2.24) is 10.2 Å². The van der Waals surface area contributed by atoms with Crippen LogP contribution in [0, 0.1) is 11.3 Å². The van der Waals surface area contributed by atoms with Crippen LogP contribution >= 0.6 is 0 Å². The number of carbonyl (C=O) groups excluding carboxylic acids is 2. The summed E-state index contributed by atoms with van der Waals surface area (Å²) >= 11 is 0. The summed E-state index contributed by atoms with van der Waals surface area (Å²) in [7, 11) is 0. The summed E-state index contributed by atoms with van der Waals surface area (Å²) in [4.78, 5) is 27.2. The maximum Gasteiger partial charge on any atom is 0.227 e. The van der Waals surface area contributed by atoms with Gasteiger partial charge >= 0.3 is 0 Å². The molecule has 1 N–H and O–H groups in total. The zero-order valence-electron chi connectivity index (χ0n) is 17.7. The molecule has 0 radical (unpaired) electrons. The summed E-state index contributed by atoms with van der Waals surface area (Å²) in [6.45, 7) is 7.74. The van der Waals surface area contributed by atoms with Crippen molar-refractivity contribution >= 4 is 11.8 Å². The summed E-state index contributed by atoms with van der Waals surface area (Å²) in [5, 5.41) is 3.18. The lowest BCUT2D eigenvalue weighted by atomic mass is 9.89. The average molecular weight is 393 g/mol. The molecule has 154 valence electrons.